The van der Waals surface area contributed by atoms with Crippen molar-refractivity contribution in [2.24, 2.45) is 0 Å². The maximum atomic E-state index is 14.2. The summed E-state index contributed by atoms with van der Waals surface area (Å²) in [6.45, 7) is 0. The summed E-state index contributed by atoms with van der Waals surface area (Å²) in [6, 6.07) is 4.63. The van der Waals surface area contributed by atoms with E-state index in [9.17, 15) is 4.39 Å². The Morgan fingerprint density at radius 1 is 1.20 bits per heavy atom. The highest BCUT2D eigenvalue weighted by molar-refractivity contribution is 6.31. The Hall–Kier alpha value is -2.47. The predicted molar refractivity (Wildman–Crippen MR) is 72.3 cm³/mol. The summed E-state index contributed by atoms with van der Waals surface area (Å²) < 4.78 is 19.1. The van der Waals surface area contributed by atoms with Gasteiger partial charge >= 0.3 is 0 Å². The quantitative estimate of drug-likeness (QED) is 0.784. The zero-order chi connectivity index (χ0) is 14.1. The molecule has 0 saturated heterocycles. The number of hydrogen-bond acceptors (Lipinski definition) is 5. The van der Waals surface area contributed by atoms with E-state index in [0.717, 1.165) is 0 Å². The van der Waals surface area contributed by atoms with Gasteiger partial charge in [-0.15, -0.1) is 0 Å². The fraction of sp³-hybridized carbons (Fsp3) is 0. The highest BCUT2D eigenvalue weighted by atomic mass is 35.5. The molecule has 0 bridgehead atoms. The van der Waals surface area contributed by atoms with Gasteiger partial charge in [0.2, 0.25) is 5.88 Å². The molecule has 20 heavy (non-hydrogen) atoms. The van der Waals surface area contributed by atoms with Gasteiger partial charge in [0.05, 0.1) is 10.6 Å². The number of aromatic nitrogens is 3. The number of benzene rings is 1. The molecular formula is C13H8ClFN4O. The van der Waals surface area contributed by atoms with Gasteiger partial charge in [0, 0.05) is 23.5 Å². The third-order valence-electron chi connectivity index (χ3n) is 2.77. The van der Waals surface area contributed by atoms with Gasteiger partial charge in [-0.25, -0.2) is 14.4 Å². The number of halogens is 2. The first kappa shape index (κ1) is 12.6. The van der Waals surface area contributed by atoms with Crippen LogP contribution in [-0.4, -0.2) is 15.1 Å². The molecule has 2 aromatic heterocycles. The number of hydrogen-bond donors (Lipinski definition) is 1. The average molecular weight is 291 g/mol. The van der Waals surface area contributed by atoms with E-state index in [1.807, 2.05) is 0 Å². The molecule has 3 aromatic rings. The first-order valence-corrected chi connectivity index (χ1v) is 6.01. The van der Waals surface area contributed by atoms with Gasteiger partial charge in [-0.1, -0.05) is 28.9 Å². The molecule has 0 atom stereocenters. The van der Waals surface area contributed by atoms with Gasteiger partial charge in [-0.2, -0.15) is 0 Å². The van der Waals surface area contributed by atoms with Crippen LogP contribution in [0.15, 0.2) is 41.4 Å². The SMILES string of the molecule is Nc1onc(-c2cncnc2)c1-c1cccc(Cl)c1F. The molecule has 100 valence electrons. The van der Waals surface area contributed by atoms with Gasteiger partial charge < -0.3 is 10.3 Å². The molecule has 0 aliphatic carbocycles. The Morgan fingerprint density at radius 3 is 2.70 bits per heavy atom. The van der Waals surface area contributed by atoms with E-state index in [2.05, 4.69) is 15.1 Å². The van der Waals surface area contributed by atoms with Crippen LogP contribution in [0, 0.1) is 5.82 Å². The molecule has 5 nitrogen and oxygen atoms in total. The maximum Gasteiger partial charge on any atom is 0.230 e. The Kier molecular flexibility index (Phi) is 3.08. The van der Waals surface area contributed by atoms with E-state index in [1.54, 1.807) is 12.1 Å². The number of nitrogens with two attached hydrogens (primary N) is 1. The molecule has 0 aliphatic rings. The van der Waals surface area contributed by atoms with Crippen LogP contribution < -0.4 is 5.73 Å². The van der Waals surface area contributed by atoms with E-state index >= 15 is 0 Å². The van der Waals surface area contributed by atoms with Crippen LogP contribution in [0.5, 0.6) is 0 Å². The first-order valence-electron chi connectivity index (χ1n) is 5.63. The Balaban J connectivity index is 2.25. The fourth-order valence-electron chi connectivity index (χ4n) is 1.88. The largest absolute Gasteiger partial charge is 0.367 e. The van der Waals surface area contributed by atoms with Crippen molar-refractivity contribution in [1.82, 2.24) is 15.1 Å². The van der Waals surface area contributed by atoms with Crippen LogP contribution in [0.2, 0.25) is 5.02 Å². The topological polar surface area (TPSA) is 77.8 Å². The van der Waals surface area contributed by atoms with E-state index in [4.69, 9.17) is 21.9 Å². The van der Waals surface area contributed by atoms with Crippen molar-refractivity contribution in [3.05, 3.63) is 47.8 Å². The summed E-state index contributed by atoms with van der Waals surface area (Å²) >= 11 is 5.79. The molecule has 7 heteroatoms. The molecule has 0 amide bonds. The summed E-state index contributed by atoms with van der Waals surface area (Å²) in [4.78, 5) is 7.78. The van der Waals surface area contributed by atoms with Crippen molar-refractivity contribution in [1.29, 1.82) is 0 Å². The molecular weight excluding hydrogens is 283 g/mol. The van der Waals surface area contributed by atoms with Gasteiger partial charge in [0.1, 0.15) is 17.8 Å². The first-order chi connectivity index (χ1) is 9.68. The van der Waals surface area contributed by atoms with Gasteiger partial charge in [-0.3, -0.25) is 0 Å². The number of rotatable bonds is 2. The van der Waals surface area contributed by atoms with E-state index in [0.29, 0.717) is 16.8 Å². The molecule has 0 aliphatic heterocycles. The number of anilines is 1. The van der Waals surface area contributed by atoms with Crippen molar-refractivity contribution >= 4 is 17.5 Å². The zero-order valence-electron chi connectivity index (χ0n) is 10.0. The normalized spacial score (nSPS) is 10.7. The number of nitrogens with zero attached hydrogens (tertiary/aromatic N) is 3. The third kappa shape index (κ3) is 2.00. The van der Waals surface area contributed by atoms with Crippen LogP contribution >= 0.6 is 11.6 Å². The lowest BCUT2D eigenvalue weighted by atomic mass is 10.0. The number of nitrogen functional groups attached to an aromatic ring is 1. The van der Waals surface area contributed by atoms with Crippen LogP contribution in [0.4, 0.5) is 10.3 Å². The van der Waals surface area contributed by atoms with E-state index in [1.165, 1.54) is 24.8 Å². The van der Waals surface area contributed by atoms with Crippen LogP contribution in [-0.2, 0) is 0 Å². The minimum absolute atomic E-state index is 0.00152. The fourth-order valence-corrected chi connectivity index (χ4v) is 2.05. The predicted octanol–water partition coefficient (Wildman–Crippen LogP) is 3.17. The smallest absolute Gasteiger partial charge is 0.230 e. The van der Waals surface area contributed by atoms with Crippen molar-refractivity contribution in [2.75, 3.05) is 5.73 Å². The molecule has 1 aromatic carbocycles. The molecule has 2 N–H and O–H groups in total. The second-order valence-corrected chi connectivity index (χ2v) is 4.41. The van der Waals surface area contributed by atoms with Crippen LogP contribution in [0.1, 0.15) is 0 Å². The molecule has 0 unspecified atom stereocenters. The lowest BCUT2D eigenvalue weighted by Crippen LogP contribution is -1.92. The molecule has 0 radical (unpaired) electrons. The summed E-state index contributed by atoms with van der Waals surface area (Å²) in [5.41, 5.74) is 7.24. The van der Waals surface area contributed by atoms with Crippen molar-refractivity contribution < 1.29 is 8.91 Å². The standard InChI is InChI=1S/C13H8ClFN4O/c14-9-3-1-2-8(11(9)15)10-12(19-20-13(10)16)7-4-17-6-18-5-7/h1-6H,16H2. The second kappa shape index (κ2) is 4.90. The summed E-state index contributed by atoms with van der Waals surface area (Å²) in [5.74, 6) is -0.577. The van der Waals surface area contributed by atoms with Crippen molar-refractivity contribution in [2.45, 2.75) is 0 Å². The third-order valence-corrected chi connectivity index (χ3v) is 3.07. The Labute approximate surface area is 118 Å². The van der Waals surface area contributed by atoms with Crippen LogP contribution in [0.3, 0.4) is 0 Å². The summed E-state index contributed by atoms with van der Waals surface area (Å²) in [5, 5.41) is 3.84. The zero-order valence-corrected chi connectivity index (χ0v) is 10.8. The lowest BCUT2D eigenvalue weighted by molar-refractivity contribution is 0.439. The molecule has 0 saturated carbocycles. The Bertz CT molecular complexity index is 760. The van der Waals surface area contributed by atoms with Gasteiger partial charge in [0.25, 0.3) is 0 Å². The minimum atomic E-state index is -0.581. The van der Waals surface area contributed by atoms with Gasteiger partial charge in [-0.05, 0) is 6.07 Å². The molecule has 3 rings (SSSR count). The van der Waals surface area contributed by atoms with E-state index in [-0.39, 0.29) is 16.5 Å². The summed E-state index contributed by atoms with van der Waals surface area (Å²) in [6.07, 6.45) is 4.46. The molecule has 0 fully saturated rings. The van der Waals surface area contributed by atoms with Crippen LogP contribution in [0.25, 0.3) is 22.4 Å². The average Bonchev–Trinajstić information content (AvgIpc) is 2.85. The Morgan fingerprint density at radius 2 is 1.95 bits per heavy atom. The highest BCUT2D eigenvalue weighted by Crippen LogP contribution is 2.38. The monoisotopic (exact) mass is 290 g/mol. The molecule has 0 spiro atoms. The summed E-state index contributed by atoms with van der Waals surface area (Å²) in [7, 11) is 0. The van der Waals surface area contributed by atoms with Gasteiger partial charge in [0.15, 0.2) is 0 Å². The highest BCUT2D eigenvalue weighted by Gasteiger charge is 2.21. The van der Waals surface area contributed by atoms with E-state index < -0.39 is 5.82 Å². The second-order valence-electron chi connectivity index (χ2n) is 4.00. The molecule has 2 heterocycles. The van der Waals surface area contributed by atoms with Crippen molar-refractivity contribution in [3.8, 4) is 22.4 Å². The lowest BCUT2D eigenvalue weighted by Gasteiger charge is -2.05. The van der Waals surface area contributed by atoms with Crippen molar-refractivity contribution in [3.63, 3.8) is 0 Å². The maximum absolute atomic E-state index is 14.2. The minimum Gasteiger partial charge on any atom is -0.367 e.